The fraction of sp³-hybridized carbons (Fsp3) is 0.500. The molecular formula is C14H21NO3. The van der Waals surface area contributed by atoms with E-state index in [9.17, 15) is 4.79 Å². The van der Waals surface area contributed by atoms with Crippen molar-refractivity contribution in [3.8, 4) is 0 Å². The highest BCUT2D eigenvalue weighted by atomic mass is 16.5. The lowest BCUT2D eigenvalue weighted by molar-refractivity contribution is -0.132. The predicted octanol–water partition coefficient (Wildman–Crippen LogP) is 1.51. The third-order valence-electron chi connectivity index (χ3n) is 2.75. The van der Waals surface area contributed by atoms with Gasteiger partial charge in [-0.3, -0.25) is 4.79 Å². The van der Waals surface area contributed by atoms with Gasteiger partial charge in [-0.15, -0.1) is 0 Å². The SMILES string of the molecule is COC(C(=O)NCC(C)(C)CO)c1ccccc1. The monoisotopic (exact) mass is 251 g/mol. The van der Waals surface area contributed by atoms with Crippen molar-refractivity contribution in [2.75, 3.05) is 20.3 Å². The number of amides is 1. The van der Waals surface area contributed by atoms with Crippen LogP contribution >= 0.6 is 0 Å². The summed E-state index contributed by atoms with van der Waals surface area (Å²) in [4.78, 5) is 12.0. The Morgan fingerprint density at radius 2 is 2.00 bits per heavy atom. The highest BCUT2D eigenvalue weighted by Crippen LogP contribution is 2.17. The van der Waals surface area contributed by atoms with Gasteiger partial charge >= 0.3 is 0 Å². The normalized spacial score (nSPS) is 13.1. The number of hydrogen-bond acceptors (Lipinski definition) is 3. The second kappa shape index (κ2) is 6.52. The first-order chi connectivity index (χ1) is 8.50. The maximum absolute atomic E-state index is 12.0. The molecular weight excluding hydrogens is 230 g/mol. The lowest BCUT2D eigenvalue weighted by Gasteiger charge is -2.23. The van der Waals surface area contributed by atoms with Crippen LogP contribution in [0, 0.1) is 5.41 Å². The van der Waals surface area contributed by atoms with Gasteiger partial charge in [-0.25, -0.2) is 0 Å². The summed E-state index contributed by atoms with van der Waals surface area (Å²) in [5.41, 5.74) is 0.490. The highest BCUT2D eigenvalue weighted by Gasteiger charge is 2.23. The Morgan fingerprint density at radius 1 is 1.39 bits per heavy atom. The minimum absolute atomic E-state index is 0.0241. The van der Waals surface area contributed by atoms with Crippen LogP contribution < -0.4 is 5.32 Å². The topological polar surface area (TPSA) is 58.6 Å². The fourth-order valence-electron chi connectivity index (χ4n) is 1.50. The van der Waals surface area contributed by atoms with E-state index in [2.05, 4.69) is 5.32 Å². The van der Waals surface area contributed by atoms with Crippen molar-refractivity contribution in [2.24, 2.45) is 5.41 Å². The molecule has 1 unspecified atom stereocenters. The van der Waals surface area contributed by atoms with Gasteiger partial charge in [-0.05, 0) is 5.56 Å². The van der Waals surface area contributed by atoms with Gasteiger partial charge in [0, 0.05) is 25.7 Å². The smallest absolute Gasteiger partial charge is 0.253 e. The third kappa shape index (κ3) is 4.13. The second-order valence-electron chi connectivity index (χ2n) is 5.07. The molecule has 100 valence electrons. The minimum Gasteiger partial charge on any atom is -0.396 e. The van der Waals surface area contributed by atoms with E-state index in [4.69, 9.17) is 9.84 Å². The second-order valence-corrected chi connectivity index (χ2v) is 5.07. The molecule has 4 nitrogen and oxygen atoms in total. The molecule has 0 radical (unpaired) electrons. The first-order valence-electron chi connectivity index (χ1n) is 5.96. The number of nitrogens with one attached hydrogen (secondary N) is 1. The Balaban J connectivity index is 2.64. The van der Waals surface area contributed by atoms with Gasteiger partial charge in [-0.1, -0.05) is 44.2 Å². The molecule has 18 heavy (non-hydrogen) atoms. The molecule has 1 amide bonds. The molecule has 1 rings (SSSR count). The summed E-state index contributed by atoms with van der Waals surface area (Å²) in [5.74, 6) is -0.190. The van der Waals surface area contributed by atoms with Crippen molar-refractivity contribution >= 4 is 5.91 Å². The molecule has 1 aromatic rings. The van der Waals surface area contributed by atoms with Crippen LogP contribution in [0.1, 0.15) is 25.5 Å². The van der Waals surface area contributed by atoms with Gasteiger partial charge in [0.1, 0.15) is 0 Å². The van der Waals surface area contributed by atoms with Crippen LogP contribution in [-0.2, 0) is 9.53 Å². The Morgan fingerprint density at radius 3 is 2.50 bits per heavy atom. The number of methoxy groups -OCH3 is 1. The summed E-state index contributed by atoms with van der Waals surface area (Å²) in [6, 6.07) is 9.33. The molecule has 4 heteroatoms. The lowest BCUT2D eigenvalue weighted by Crippen LogP contribution is -2.39. The molecule has 0 saturated carbocycles. The van der Waals surface area contributed by atoms with E-state index >= 15 is 0 Å². The van der Waals surface area contributed by atoms with Crippen LogP contribution in [0.25, 0.3) is 0 Å². The summed E-state index contributed by atoms with van der Waals surface area (Å²) in [6.45, 7) is 4.21. The number of aliphatic hydroxyl groups excluding tert-OH is 1. The standard InChI is InChI=1S/C14H21NO3/c1-14(2,10-16)9-15-13(17)12(18-3)11-7-5-4-6-8-11/h4-8,12,16H,9-10H2,1-3H3,(H,15,17). The Bertz CT molecular complexity index is 376. The molecule has 0 bridgehead atoms. The zero-order chi connectivity index (χ0) is 13.6. The zero-order valence-electron chi connectivity index (χ0n) is 11.1. The van der Waals surface area contributed by atoms with Crippen LogP contribution in [0.2, 0.25) is 0 Å². The fourth-order valence-corrected chi connectivity index (χ4v) is 1.50. The largest absolute Gasteiger partial charge is 0.396 e. The molecule has 0 aliphatic carbocycles. The van der Waals surface area contributed by atoms with E-state index in [1.165, 1.54) is 7.11 Å². The first-order valence-corrected chi connectivity index (χ1v) is 5.96. The van der Waals surface area contributed by atoms with Gasteiger partial charge in [0.2, 0.25) is 0 Å². The lowest BCUT2D eigenvalue weighted by atomic mass is 9.95. The summed E-state index contributed by atoms with van der Waals surface area (Å²) in [6.07, 6.45) is -0.610. The van der Waals surface area contributed by atoms with Crippen molar-refractivity contribution in [3.63, 3.8) is 0 Å². The number of hydrogen-bond donors (Lipinski definition) is 2. The first kappa shape index (κ1) is 14.7. The van der Waals surface area contributed by atoms with E-state index in [0.717, 1.165) is 5.56 Å². The molecule has 0 aliphatic rings. The van der Waals surface area contributed by atoms with Crippen molar-refractivity contribution in [2.45, 2.75) is 20.0 Å². The number of carbonyl (C=O) groups excluding carboxylic acids is 1. The average Bonchev–Trinajstić information content (AvgIpc) is 2.39. The van der Waals surface area contributed by atoms with E-state index in [1.54, 1.807) is 0 Å². The highest BCUT2D eigenvalue weighted by molar-refractivity contribution is 5.82. The zero-order valence-corrected chi connectivity index (χ0v) is 11.1. The molecule has 0 heterocycles. The van der Waals surface area contributed by atoms with Gasteiger partial charge in [0.05, 0.1) is 0 Å². The van der Waals surface area contributed by atoms with E-state index in [-0.39, 0.29) is 17.9 Å². The van der Waals surface area contributed by atoms with Crippen LogP contribution in [-0.4, -0.2) is 31.3 Å². The van der Waals surface area contributed by atoms with Gasteiger partial charge < -0.3 is 15.2 Å². The molecule has 0 fully saturated rings. The maximum atomic E-state index is 12.0. The van der Waals surface area contributed by atoms with Crippen molar-refractivity contribution in [1.29, 1.82) is 0 Å². The molecule has 0 spiro atoms. The number of ether oxygens (including phenoxy) is 1. The molecule has 1 atom stereocenters. The number of benzene rings is 1. The van der Waals surface area contributed by atoms with E-state index < -0.39 is 6.10 Å². The van der Waals surface area contributed by atoms with Crippen molar-refractivity contribution in [3.05, 3.63) is 35.9 Å². The summed E-state index contributed by atoms with van der Waals surface area (Å²) < 4.78 is 5.22. The van der Waals surface area contributed by atoms with Crippen LogP contribution in [0.4, 0.5) is 0 Å². The van der Waals surface area contributed by atoms with E-state index in [0.29, 0.717) is 6.54 Å². The predicted molar refractivity (Wildman–Crippen MR) is 70.1 cm³/mol. The Labute approximate surface area is 108 Å². The molecule has 0 saturated heterocycles. The van der Waals surface area contributed by atoms with Crippen molar-refractivity contribution < 1.29 is 14.6 Å². The summed E-state index contributed by atoms with van der Waals surface area (Å²) in [5, 5.41) is 11.9. The number of carbonyl (C=O) groups is 1. The number of rotatable bonds is 6. The third-order valence-corrected chi connectivity index (χ3v) is 2.75. The van der Waals surface area contributed by atoms with Gasteiger partial charge in [0.15, 0.2) is 6.10 Å². The molecule has 1 aromatic carbocycles. The van der Waals surface area contributed by atoms with Gasteiger partial charge in [-0.2, -0.15) is 0 Å². The molecule has 0 aliphatic heterocycles. The average molecular weight is 251 g/mol. The Kier molecular flexibility index (Phi) is 5.31. The molecule has 0 aromatic heterocycles. The Hall–Kier alpha value is -1.39. The van der Waals surface area contributed by atoms with Crippen LogP contribution in [0.3, 0.4) is 0 Å². The molecule has 2 N–H and O–H groups in total. The maximum Gasteiger partial charge on any atom is 0.253 e. The number of aliphatic hydroxyl groups is 1. The van der Waals surface area contributed by atoms with Gasteiger partial charge in [0.25, 0.3) is 5.91 Å². The quantitative estimate of drug-likeness (QED) is 0.805. The van der Waals surface area contributed by atoms with Crippen LogP contribution in [0.5, 0.6) is 0 Å². The van der Waals surface area contributed by atoms with E-state index in [1.807, 2.05) is 44.2 Å². The summed E-state index contributed by atoms with van der Waals surface area (Å²) in [7, 11) is 1.51. The minimum atomic E-state index is -0.610. The van der Waals surface area contributed by atoms with Crippen LogP contribution in [0.15, 0.2) is 30.3 Å². The van der Waals surface area contributed by atoms with Crippen molar-refractivity contribution in [1.82, 2.24) is 5.32 Å². The summed E-state index contributed by atoms with van der Waals surface area (Å²) >= 11 is 0.